The van der Waals surface area contributed by atoms with E-state index in [1.807, 2.05) is 24.3 Å². The molecule has 4 nitrogen and oxygen atoms in total. The van der Waals surface area contributed by atoms with Crippen LogP contribution >= 0.6 is 23.2 Å². The van der Waals surface area contributed by atoms with E-state index in [2.05, 4.69) is 4.72 Å². The molecule has 1 N–H and O–H groups in total. The van der Waals surface area contributed by atoms with E-state index in [1.54, 1.807) is 6.92 Å². The number of benzene rings is 2. The molecule has 3 rings (SSSR count). The van der Waals surface area contributed by atoms with Crippen LogP contribution in [0.4, 0.5) is 0 Å². The summed E-state index contributed by atoms with van der Waals surface area (Å²) in [6, 6.07) is 10.9. The lowest BCUT2D eigenvalue weighted by molar-refractivity contribution is 0.0322. The number of hydrogen-bond acceptors (Lipinski definition) is 3. The van der Waals surface area contributed by atoms with E-state index in [1.165, 1.54) is 17.7 Å². The van der Waals surface area contributed by atoms with E-state index in [9.17, 15) is 8.42 Å². The lowest BCUT2D eigenvalue weighted by atomic mass is 9.99. The van der Waals surface area contributed by atoms with E-state index in [-0.39, 0.29) is 22.6 Å². The average molecular weight is 386 g/mol. The van der Waals surface area contributed by atoms with Crippen molar-refractivity contribution in [2.45, 2.75) is 31.0 Å². The van der Waals surface area contributed by atoms with Crippen LogP contribution in [0.25, 0.3) is 0 Å². The highest BCUT2D eigenvalue weighted by molar-refractivity contribution is 7.89. The summed E-state index contributed by atoms with van der Waals surface area (Å²) in [5.74, 6) is 0. The van der Waals surface area contributed by atoms with E-state index < -0.39 is 10.0 Å². The molecule has 0 saturated heterocycles. The van der Waals surface area contributed by atoms with Gasteiger partial charge in [0.05, 0.1) is 17.7 Å². The van der Waals surface area contributed by atoms with E-state index >= 15 is 0 Å². The zero-order valence-corrected chi connectivity index (χ0v) is 15.4. The average Bonchev–Trinajstić information content (AvgIpc) is 2.56. The zero-order chi connectivity index (χ0) is 17.3. The van der Waals surface area contributed by atoms with Crippen molar-refractivity contribution in [3.05, 3.63) is 63.1 Å². The number of aryl methyl sites for hydroxylation is 1. The van der Waals surface area contributed by atoms with Gasteiger partial charge in [0.1, 0.15) is 4.90 Å². The number of fused-ring (bicyclic) bond motifs is 1. The van der Waals surface area contributed by atoms with Crippen LogP contribution in [-0.2, 0) is 27.8 Å². The van der Waals surface area contributed by atoms with Crippen molar-refractivity contribution in [3.8, 4) is 0 Å². The molecule has 0 amide bonds. The van der Waals surface area contributed by atoms with Crippen LogP contribution in [0.1, 0.15) is 16.7 Å². The van der Waals surface area contributed by atoms with Crippen molar-refractivity contribution in [1.82, 2.24) is 4.72 Å². The first-order valence-corrected chi connectivity index (χ1v) is 9.74. The Morgan fingerprint density at radius 1 is 1.17 bits per heavy atom. The molecule has 0 saturated carbocycles. The van der Waals surface area contributed by atoms with Crippen LogP contribution in [0.5, 0.6) is 0 Å². The van der Waals surface area contributed by atoms with Gasteiger partial charge in [0.25, 0.3) is 0 Å². The molecule has 1 heterocycles. The maximum Gasteiger partial charge on any atom is 0.242 e. The molecule has 0 aliphatic carbocycles. The Morgan fingerprint density at radius 2 is 1.88 bits per heavy atom. The minimum atomic E-state index is -3.73. The molecule has 0 bridgehead atoms. The Hall–Kier alpha value is -1.11. The Morgan fingerprint density at radius 3 is 2.62 bits per heavy atom. The van der Waals surface area contributed by atoms with Gasteiger partial charge in [-0.1, -0.05) is 47.5 Å². The first-order valence-electron chi connectivity index (χ1n) is 7.50. The standard InChI is InChI=1S/C17H17Cl2NO3S/c1-11-6-17(16(19)8-15(11)18)24(21,22)20-9-14-7-12-4-2-3-5-13(12)10-23-14/h2-6,8,14,20H,7,9-10H2,1H3. The number of nitrogens with one attached hydrogen (secondary N) is 1. The second kappa shape index (κ2) is 7.02. The maximum absolute atomic E-state index is 12.5. The van der Waals surface area contributed by atoms with Gasteiger partial charge in [-0.15, -0.1) is 0 Å². The smallest absolute Gasteiger partial charge is 0.242 e. The van der Waals surface area contributed by atoms with E-state index in [0.717, 1.165) is 5.56 Å². The first kappa shape index (κ1) is 17.7. The van der Waals surface area contributed by atoms with Crippen molar-refractivity contribution in [2.75, 3.05) is 6.54 Å². The van der Waals surface area contributed by atoms with Crippen LogP contribution < -0.4 is 4.72 Å². The van der Waals surface area contributed by atoms with Crippen LogP contribution in [0.15, 0.2) is 41.3 Å². The molecular formula is C17H17Cl2NO3S. The van der Waals surface area contributed by atoms with Crippen LogP contribution in [0, 0.1) is 6.92 Å². The molecule has 1 unspecified atom stereocenters. The van der Waals surface area contributed by atoms with Gasteiger partial charge in [0.15, 0.2) is 0 Å². The van der Waals surface area contributed by atoms with Gasteiger partial charge in [-0.25, -0.2) is 13.1 Å². The molecule has 1 aliphatic heterocycles. The SMILES string of the molecule is Cc1cc(S(=O)(=O)NCC2Cc3ccccc3CO2)c(Cl)cc1Cl. The number of ether oxygens (including phenoxy) is 1. The quantitative estimate of drug-likeness (QED) is 0.872. The molecule has 0 spiro atoms. The van der Waals surface area contributed by atoms with Crippen molar-refractivity contribution >= 4 is 33.2 Å². The lowest BCUT2D eigenvalue weighted by Crippen LogP contribution is -2.36. The normalized spacial score (nSPS) is 17.5. The maximum atomic E-state index is 12.5. The third-order valence-corrected chi connectivity index (χ3v) is 6.34. The molecular weight excluding hydrogens is 369 g/mol. The molecule has 128 valence electrons. The monoisotopic (exact) mass is 385 g/mol. The summed E-state index contributed by atoms with van der Waals surface area (Å²) in [5.41, 5.74) is 2.99. The van der Waals surface area contributed by atoms with E-state index in [4.69, 9.17) is 27.9 Å². The van der Waals surface area contributed by atoms with Gasteiger partial charge in [-0.3, -0.25) is 0 Å². The molecule has 24 heavy (non-hydrogen) atoms. The van der Waals surface area contributed by atoms with Crippen molar-refractivity contribution in [1.29, 1.82) is 0 Å². The molecule has 0 fully saturated rings. The Labute approximate surface area is 151 Å². The fourth-order valence-corrected chi connectivity index (χ4v) is 4.55. The molecule has 0 radical (unpaired) electrons. The van der Waals surface area contributed by atoms with Gasteiger partial charge in [-0.05, 0) is 35.7 Å². The number of rotatable bonds is 4. The highest BCUT2D eigenvalue weighted by Crippen LogP contribution is 2.28. The predicted octanol–water partition coefficient (Wildman–Crippen LogP) is 3.72. The van der Waals surface area contributed by atoms with Crippen molar-refractivity contribution < 1.29 is 13.2 Å². The molecule has 7 heteroatoms. The molecule has 2 aromatic rings. The topological polar surface area (TPSA) is 55.4 Å². The highest BCUT2D eigenvalue weighted by Gasteiger charge is 2.24. The Balaban J connectivity index is 1.72. The van der Waals surface area contributed by atoms with Gasteiger partial charge < -0.3 is 4.74 Å². The zero-order valence-electron chi connectivity index (χ0n) is 13.1. The molecule has 1 aliphatic rings. The summed E-state index contributed by atoms with van der Waals surface area (Å²) in [6.07, 6.45) is 0.466. The third-order valence-electron chi connectivity index (χ3n) is 4.04. The number of hydrogen-bond donors (Lipinski definition) is 1. The fourth-order valence-electron chi connectivity index (χ4n) is 2.66. The summed E-state index contributed by atoms with van der Waals surface area (Å²) in [4.78, 5) is 0.0299. The van der Waals surface area contributed by atoms with Crippen LogP contribution in [0.2, 0.25) is 10.0 Å². The van der Waals surface area contributed by atoms with Crippen LogP contribution in [-0.4, -0.2) is 21.1 Å². The third kappa shape index (κ3) is 3.76. The van der Waals surface area contributed by atoms with E-state index in [0.29, 0.717) is 23.6 Å². The summed E-state index contributed by atoms with van der Waals surface area (Å²) in [7, 11) is -3.73. The molecule has 1 atom stereocenters. The second-order valence-corrected chi connectivity index (χ2v) is 8.34. The van der Waals surface area contributed by atoms with Gasteiger partial charge in [0, 0.05) is 18.0 Å². The first-order chi connectivity index (χ1) is 11.4. The summed E-state index contributed by atoms with van der Waals surface area (Å²) >= 11 is 12.0. The van der Waals surface area contributed by atoms with Gasteiger partial charge in [-0.2, -0.15) is 0 Å². The lowest BCUT2D eigenvalue weighted by Gasteiger charge is -2.25. The van der Waals surface area contributed by atoms with Gasteiger partial charge in [0.2, 0.25) is 10.0 Å². The Bertz CT molecular complexity index is 868. The fraction of sp³-hybridized carbons (Fsp3) is 0.294. The number of halogens is 2. The second-order valence-electron chi connectivity index (χ2n) is 5.79. The van der Waals surface area contributed by atoms with Crippen molar-refractivity contribution in [2.24, 2.45) is 0 Å². The van der Waals surface area contributed by atoms with Crippen molar-refractivity contribution in [3.63, 3.8) is 0 Å². The number of sulfonamides is 1. The summed E-state index contributed by atoms with van der Waals surface area (Å²) in [6.45, 7) is 2.41. The van der Waals surface area contributed by atoms with Gasteiger partial charge >= 0.3 is 0 Å². The molecule has 2 aromatic carbocycles. The molecule has 0 aromatic heterocycles. The summed E-state index contributed by atoms with van der Waals surface area (Å²) < 4.78 is 33.3. The predicted molar refractivity (Wildman–Crippen MR) is 95.1 cm³/mol. The highest BCUT2D eigenvalue weighted by atomic mass is 35.5. The largest absolute Gasteiger partial charge is 0.372 e. The Kier molecular flexibility index (Phi) is 5.18. The minimum absolute atomic E-state index is 0.0299. The van der Waals surface area contributed by atoms with Crippen LogP contribution in [0.3, 0.4) is 0 Å². The summed E-state index contributed by atoms with van der Waals surface area (Å²) in [5, 5.41) is 0.541. The minimum Gasteiger partial charge on any atom is -0.372 e.